The van der Waals surface area contributed by atoms with E-state index in [0.717, 1.165) is 31.3 Å². The Morgan fingerprint density at radius 1 is 1.30 bits per heavy atom. The second-order valence-electron chi connectivity index (χ2n) is 6.43. The van der Waals surface area contributed by atoms with Crippen molar-refractivity contribution in [2.24, 2.45) is 4.99 Å². The average Bonchev–Trinajstić information content (AvgIpc) is 3.37. The van der Waals surface area contributed by atoms with Crippen LogP contribution in [0.2, 0.25) is 0 Å². The smallest absolute Gasteiger partial charge is 0.193 e. The lowest BCUT2D eigenvalue weighted by Gasteiger charge is -2.23. The van der Waals surface area contributed by atoms with Gasteiger partial charge in [-0.3, -0.25) is 4.99 Å². The van der Waals surface area contributed by atoms with Crippen LogP contribution in [0.5, 0.6) is 5.75 Å². The van der Waals surface area contributed by atoms with Gasteiger partial charge in [0.2, 0.25) is 0 Å². The summed E-state index contributed by atoms with van der Waals surface area (Å²) in [5.74, 6) is 2.01. The number of aliphatic imine (C=N–C) groups is 1. The zero-order valence-corrected chi connectivity index (χ0v) is 15.1. The Labute approximate surface area is 140 Å². The number of hydrogen-bond acceptors (Lipinski definition) is 2. The predicted molar refractivity (Wildman–Crippen MR) is 97.4 cm³/mol. The summed E-state index contributed by atoms with van der Waals surface area (Å²) in [6, 6.07) is 8.37. The van der Waals surface area contributed by atoms with E-state index in [4.69, 9.17) is 9.73 Å². The van der Waals surface area contributed by atoms with Gasteiger partial charge in [-0.25, -0.2) is 0 Å². The summed E-state index contributed by atoms with van der Waals surface area (Å²) < 4.78 is 5.55. The van der Waals surface area contributed by atoms with Crippen molar-refractivity contribution in [2.45, 2.75) is 44.9 Å². The van der Waals surface area contributed by atoms with Crippen molar-refractivity contribution in [1.82, 2.24) is 10.2 Å². The molecule has 0 atom stereocenters. The van der Waals surface area contributed by atoms with Gasteiger partial charge in [-0.2, -0.15) is 0 Å². The Balaban J connectivity index is 2.11. The van der Waals surface area contributed by atoms with Crippen molar-refractivity contribution in [3.05, 3.63) is 29.8 Å². The summed E-state index contributed by atoms with van der Waals surface area (Å²) in [5, 5.41) is 3.42. The molecule has 0 aromatic heterocycles. The van der Waals surface area contributed by atoms with Gasteiger partial charge in [-0.15, -0.1) is 0 Å². The zero-order valence-electron chi connectivity index (χ0n) is 15.1. The van der Waals surface area contributed by atoms with Gasteiger partial charge in [-0.05, 0) is 32.3 Å². The summed E-state index contributed by atoms with van der Waals surface area (Å²) >= 11 is 0. The van der Waals surface area contributed by atoms with Crippen molar-refractivity contribution in [3.8, 4) is 5.75 Å². The van der Waals surface area contributed by atoms with Gasteiger partial charge in [0.25, 0.3) is 0 Å². The van der Waals surface area contributed by atoms with E-state index in [1.165, 1.54) is 31.2 Å². The average molecular weight is 317 g/mol. The van der Waals surface area contributed by atoms with E-state index in [0.29, 0.717) is 0 Å². The molecule has 1 fully saturated rings. The summed E-state index contributed by atoms with van der Waals surface area (Å²) in [7, 11) is 3.88. The van der Waals surface area contributed by atoms with Crippen LogP contribution in [0.25, 0.3) is 0 Å². The lowest BCUT2D eigenvalue weighted by atomic mass is 9.95. The summed E-state index contributed by atoms with van der Waals surface area (Å²) in [5.41, 5.74) is 1.47. The second-order valence-corrected chi connectivity index (χ2v) is 6.43. The highest BCUT2D eigenvalue weighted by Crippen LogP contribution is 2.51. The Kier molecular flexibility index (Phi) is 6.31. The van der Waals surface area contributed by atoms with E-state index in [2.05, 4.69) is 49.3 Å². The Morgan fingerprint density at radius 2 is 2.04 bits per heavy atom. The highest BCUT2D eigenvalue weighted by molar-refractivity contribution is 5.79. The molecule has 23 heavy (non-hydrogen) atoms. The molecule has 0 radical (unpaired) electrons. The maximum Gasteiger partial charge on any atom is 0.193 e. The van der Waals surface area contributed by atoms with Crippen LogP contribution >= 0.6 is 0 Å². The Morgan fingerprint density at radius 3 is 2.65 bits per heavy atom. The first-order valence-corrected chi connectivity index (χ1v) is 8.80. The maximum absolute atomic E-state index is 5.55. The quantitative estimate of drug-likeness (QED) is 0.589. The molecule has 4 nitrogen and oxygen atoms in total. The fraction of sp³-hybridized carbons (Fsp3) is 0.632. The number of guanidine groups is 1. The molecule has 1 aliphatic carbocycles. The normalized spacial score (nSPS) is 16.1. The van der Waals surface area contributed by atoms with Crippen LogP contribution in [0, 0.1) is 0 Å². The van der Waals surface area contributed by atoms with E-state index in [9.17, 15) is 0 Å². The predicted octanol–water partition coefficient (Wildman–Crippen LogP) is 3.42. The summed E-state index contributed by atoms with van der Waals surface area (Å²) in [6.45, 7) is 7.11. The van der Waals surface area contributed by atoms with Crippen LogP contribution in [-0.2, 0) is 5.41 Å². The first-order valence-electron chi connectivity index (χ1n) is 8.80. The van der Waals surface area contributed by atoms with E-state index < -0.39 is 0 Å². The summed E-state index contributed by atoms with van der Waals surface area (Å²) in [4.78, 5) is 7.17. The van der Waals surface area contributed by atoms with Crippen LogP contribution in [0.1, 0.15) is 45.1 Å². The Hall–Kier alpha value is -1.71. The summed E-state index contributed by atoms with van der Waals surface area (Å²) in [6.07, 6.45) is 4.78. The minimum atomic E-state index is 0.166. The molecule has 1 aromatic carbocycles. The highest BCUT2D eigenvalue weighted by atomic mass is 16.5. The van der Waals surface area contributed by atoms with Crippen LogP contribution < -0.4 is 10.1 Å². The van der Waals surface area contributed by atoms with Gasteiger partial charge >= 0.3 is 0 Å². The third-order valence-corrected chi connectivity index (χ3v) is 4.61. The number of benzene rings is 1. The minimum Gasteiger partial charge on any atom is -0.496 e. The molecule has 128 valence electrons. The third-order valence-electron chi connectivity index (χ3n) is 4.61. The zero-order chi connectivity index (χ0) is 16.7. The number of methoxy groups -OCH3 is 1. The molecule has 0 heterocycles. The molecule has 0 bridgehead atoms. The van der Waals surface area contributed by atoms with E-state index in [-0.39, 0.29) is 5.41 Å². The van der Waals surface area contributed by atoms with Crippen LogP contribution in [0.15, 0.2) is 29.3 Å². The van der Waals surface area contributed by atoms with Crippen molar-refractivity contribution >= 4 is 5.96 Å². The second kappa shape index (κ2) is 8.23. The SMILES string of the molecule is CCCCN(C)C(=NCC1(c2ccccc2OC)CC1)NCC. The Bertz CT molecular complexity index is 523. The van der Waals surface area contributed by atoms with E-state index in [1.807, 2.05) is 6.07 Å². The number of para-hydroxylation sites is 1. The van der Waals surface area contributed by atoms with Gasteiger partial charge in [0.1, 0.15) is 5.75 Å². The first kappa shape index (κ1) is 17.6. The number of hydrogen-bond donors (Lipinski definition) is 1. The molecular weight excluding hydrogens is 286 g/mol. The molecule has 1 N–H and O–H groups in total. The van der Waals surface area contributed by atoms with Crippen molar-refractivity contribution in [2.75, 3.05) is 33.8 Å². The third kappa shape index (κ3) is 4.40. The molecule has 1 saturated carbocycles. The molecule has 1 aliphatic rings. The van der Waals surface area contributed by atoms with Gasteiger partial charge < -0.3 is 15.0 Å². The molecular formula is C19H31N3O. The molecule has 4 heteroatoms. The fourth-order valence-corrected chi connectivity index (χ4v) is 2.94. The molecule has 2 rings (SSSR count). The van der Waals surface area contributed by atoms with E-state index in [1.54, 1.807) is 7.11 Å². The van der Waals surface area contributed by atoms with Gasteiger partial charge in [0.05, 0.1) is 13.7 Å². The van der Waals surface area contributed by atoms with E-state index >= 15 is 0 Å². The monoisotopic (exact) mass is 317 g/mol. The van der Waals surface area contributed by atoms with Crippen LogP contribution in [0.3, 0.4) is 0 Å². The number of unbranched alkanes of at least 4 members (excludes halogenated alkanes) is 1. The van der Waals surface area contributed by atoms with Gasteiger partial charge in [0, 0.05) is 31.1 Å². The molecule has 0 saturated heterocycles. The van der Waals surface area contributed by atoms with Crippen molar-refractivity contribution in [3.63, 3.8) is 0 Å². The standard InChI is InChI=1S/C19H31N3O/c1-5-7-14-22(3)18(20-6-2)21-15-19(12-13-19)16-10-8-9-11-17(16)23-4/h8-11H,5-7,12-15H2,1-4H3,(H,20,21). The minimum absolute atomic E-state index is 0.166. The van der Waals surface area contributed by atoms with Crippen molar-refractivity contribution in [1.29, 1.82) is 0 Å². The van der Waals surface area contributed by atoms with Gasteiger partial charge in [0.15, 0.2) is 5.96 Å². The lowest BCUT2D eigenvalue weighted by Crippen LogP contribution is -2.40. The van der Waals surface area contributed by atoms with Crippen LogP contribution in [0.4, 0.5) is 0 Å². The lowest BCUT2D eigenvalue weighted by molar-refractivity contribution is 0.404. The topological polar surface area (TPSA) is 36.9 Å². The van der Waals surface area contributed by atoms with Crippen molar-refractivity contribution < 1.29 is 4.74 Å². The molecule has 0 spiro atoms. The largest absolute Gasteiger partial charge is 0.496 e. The number of nitrogens with zero attached hydrogens (tertiary/aromatic N) is 2. The fourth-order valence-electron chi connectivity index (χ4n) is 2.94. The van der Waals surface area contributed by atoms with Gasteiger partial charge in [-0.1, -0.05) is 31.5 Å². The number of rotatable bonds is 8. The number of ether oxygens (including phenoxy) is 1. The first-order chi connectivity index (χ1) is 11.2. The number of nitrogens with one attached hydrogen (secondary N) is 1. The molecule has 0 unspecified atom stereocenters. The molecule has 1 aromatic rings. The maximum atomic E-state index is 5.55. The highest BCUT2D eigenvalue weighted by Gasteiger charge is 2.46. The van der Waals surface area contributed by atoms with Crippen LogP contribution in [-0.4, -0.2) is 44.7 Å². The molecule has 0 amide bonds. The molecule has 0 aliphatic heterocycles.